The molecule has 0 atom stereocenters. The van der Waals surface area contributed by atoms with Crippen LogP contribution >= 0.6 is 0 Å². The molecule has 1 amide bonds. The van der Waals surface area contributed by atoms with E-state index < -0.39 is 0 Å². The van der Waals surface area contributed by atoms with Crippen LogP contribution in [0.15, 0.2) is 54.7 Å². The highest BCUT2D eigenvalue weighted by atomic mass is 16.3. The first kappa shape index (κ1) is 15.4. The number of phenolic OH excluding ortho intramolecular Hbond substituents is 1. The Kier molecular flexibility index (Phi) is 3.76. The fourth-order valence-electron chi connectivity index (χ4n) is 3.20. The summed E-state index contributed by atoms with van der Waals surface area (Å²) in [4.78, 5) is 19.0. The van der Waals surface area contributed by atoms with Crippen LogP contribution in [0.25, 0.3) is 11.2 Å². The van der Waals surface area contributed by atoms with Gasteiger partial charge in [0.05, 0.1) is 0 Å². The zero-order chi connectivity index (χ0) is 17.4. The number of benzene rings is 1. The molecule has 0 saturated carbocycles. The molecule has 5 nitrogen and oxygen atoms in total. The predicted molar refractivity (Wildman–Crippen MR) is 96.5 cm³/mol. The summed E-state index contributed by atoms with van der Waals surface area (Å²) in [6.45, 7) is 3.23. The van der Waals surface area contributed by atoms with Gasteiger partial charge < -0.3 is 14.4 Å². The van der Waals surface area contributed by atoms with Crippen LogP contribution in [0.5, 0.6) is 5.75 Å². The number of fused-ring (bicyclic) bond motifs is 1. The van der Waals surface area contributed by atoms with E-state index in [1.165, 1.54) is 5.57 Å². The summed E-state index contributed by atoms with van der Waals surface area (Å²) >= 11 is 0. The Balaban J connectivity index is 1.54. The van der Waals surface area contributed by atoms with Gasteiger partial charge in [-0.1, -0.05) is 24.3 Å². The van der Waals surface area contributed by atoms with Gasteiger partial charge in [0.1, 0.15) is 17.1 Å². The Bertz CT molecular complexity index is 970. The molecule has 4 rings (SSSR count). The minimum absolute atomic E-state index is 0.0379. The van der Waals surface area contributed by atoms with Crippen molar-refractivity contribution in [3.8, 4) is 5.75 Å². The molecule has 25 heavy (non-hydrogen) atoms. The van der Waals surface area contributed by atoms with Crippen LogP contribution in [0.4, 0.5) is 0 Å². The number of rotatable bonds is 2. The number of amides is 1. The summed E-state index contributed by atoms with van der Waals surface area (Å²) in [6, 6.07) is 13.0. The fourth-order valence-corrected chi connectivity index (χ4v) is 3.20. The third-order valence-electron chi connectivity index (χ3n) is 4.65. The van der Waals surface area contributed by atoms with Crippen molar-refractivity contribution in [2.75, 3.05) is 13.1 Å². The number of aromatic nitrogens is 2. The number of carbonyl (C=O) groups is 1. The summed E-state index contributed by atoms with van der Waals surface area (Å²) in [5.74, 6) is 0.225. The van der Waals surface area contributed by atoms with Crippen LogP contribution in [0, 0.1) is 6.92 Å². The van der Waals surface area contributed by atoms with Gasteiger partial charge in [-0.3, -0.25) is 4.79 Å². The molecule has 126 valence electrons. The molecule has 1 N–H and O–H groups in total. The van der Waals surface area contributed by atoms with Crippen molar-refractivity contribution in [1.29, 1.82) is 0 Å². The van der Waals surface area contributed by atoms with E-state index in [2.05, 4.69) is 11.1 Å². The van der Waals surface area contributed by atoms with Gasteiger partial charge in [0.15, 0.2) is 0 Å². The molecule has 2 aromatic heterocycles. The zero-order valence-corrected chi connectivity index (χ0v) is 14.0. The molecule has 0 fully saturated rings. The van der Waals surface area contributed by atoms with E-state index in [0.717, 1.165) is 23.3 Å². The molecular weight excluding hydrogens is 314 g/mol. The monoisotopic (exact) mass is 333 g/mol. The molecule has 0 saturated heterocycles. The largest absolute Gasteiger partial charge is 0.508 e. The molecule has 0 unspecified atom stereocenters. The number of phenols is 1. The van der Waals surface area contributed by atoms with Crippen LogP contribution < -0.4 is 0 Å². The summed E-state index contributed by atoms with van der Waals surface area (Å²) in [5, 5.41) is 9.39. The highest BCUT2D eigenvalue weighted by Crippen LogP contribution is 2.24. The van der Waals surface area contributed by atoms with Gasteiger partial charge >= 0.3 is 0 Å². The topological polar surface area (TPSA) is 57.8 Å². The van der Waals surface area contributed by atoms with Crippen LogP contribution in [-0.2, 0) is 0 Å². The first-order chi connectivity index (χ1) is 12.1. The minimum Gasteiger partial charge on any atom is -0.508 e. The number of aromatic hydroxyl groups is 1. The second-order valence-electron chi connectivity index (χ2n) is 6.30. The average molecular weight is 333 g/mol. The second kappa shape index (κ2) is 6.09. The van der Waals surface area contributed by atoms with Crippen LogP contribution in [0.3, 0.4) is 0 Å². The van der Waals surface area contributed by atoms with Gasteiger partial charge in [-0.05, 0) is 48.7 Å². The first-order valence-corrected chi connectivity index (χ1v) is 8.34. The third-order valence-corrected chi connectivity index (χ3v) is 4.65. The summed E-state index contributed by atoms with van der Waals surface area (Å²) < 4.78 is 1.94. The van der Waals surface area contributed by atoms with Gasteiger partial charge in [0, 0.05) is 25.0 Å². The van der Waals surface area contributed by atoms with E-state index >= 15 is 0 Å². The third kappa shape index (κ3) is 2.89. The van der Waals surface area contributed by atoms with Crippen LogP contribution in [0.2, 0.25) is 0 Å². The van der Waals surface area contributed by atoms with E-state index in [4.69, 9.17) is 0 Å². The Hall–Kier alpha value is -3.08. The maximum Gasteiger partial charge on any atom is 0.274 e. The number of carbonyl (C=O) groups excluding carboxylic acids is 1. The Morgan fingerprint density at radius 3 is 2.64 bits per heavy atom. The van der Waals surface area contributed by atoms with E-state index in [0.29, 0.717) is 18.8 Å². The lowest BCUT2D eigenvalue weighted by molar-refractivity contribution is 0.0767. The maximum absolute atomic E-state index is 12.8. The Labute approximate surface area is 145 Å². The standard InChI is InChI=1S/C20H19N3O2/c1-14-3-2-4-19-21-18(13-23(14)19)20(25)22-11-9-16(10-12-22)15-5-7-17(24)8-6-15/h2-9,13,24H,10-12H2,1H3. The normalized spacial score (nSPS) is 14.6. The van der Waals surface area contributed by atoms with Crippen LogP contribution in [-0.4, -0.2) is 38.4 Å². The van der Waals surface area contributed by atoms with Crippen molar-refractivity contribution in [1.82, 2.24) is 14.3 Å². The molecule has 1 aliphatic rings. The van der Waals surface area contributed by atoms with Crippen molar-refractivity contribution in [2.24, 2.45) is 0 Å². The smallest absolute Gasteiger partial charge is 0.274 e. The molecule has 3 aromatic rings. The summed E-state index contributed by atoms with van der Waals surface area (Å²) in [5.41, 5.74) is 4.62. The molecule has 0 bridgehead atoms. The SMILES string of the molecule is Cc1cccc2nc(C(=O)N3CC=C(c4ccc(O)cc4)CC3)cn12. The number of pyridine rings is 1. The van der Waals surface area contributed by atoms with Gasteiger partial charge in [-0.15, -0.1) is 0 Å². The number of hydrogen-bond acceptors (Lipinski definition) is 3. The highest BCUT2D eigenvalue weighted by molar-refractivity contribution is 5.93. The fraction of sp³-hybridized carbons (Fsp3) is 0.200. The van der Waals surface area contributed by atoms with Crippen molar-refractivity contribution >= 4 is 17.1 Å². The molecule has 1 aromatic carbocycles. The summed E-state index contributed by atoms with van der Waals surface area (Å²) in [6.07, 6.45) is 4.68. The number of aryl methyl sites for hydroxylation is 1. The predicted octanol–water partition coefficient (Wildman–Crippen LogP) is 3.28. The number of nitrogens with zero attached hydrogens (tertiary/aromatic N) is 3. The van der Waals surface area contributed by atoms with E-state index in [-0.39, 0.29) is 11.7 Å². The molecule has 0 aliphatic carbocycles. The van der Waals surface area contributed by atoms with E-state index in [1.54, 1.807) is 12.1 Å². The quantitative estimate of drug-likeness (QED) is 0.783. The van der Waals surface area contributed by atoms with Gasteiger partial charge in [0.25, 0.3) is 5.91 Å². The zero-order valence-electron chi connectivity index (χ0n) is 14.0. The lowest BCUT2D eigenvalue weighted by atomic mass is 9.99. The van der Waals surface area contributed by atoms with Gasteiger partial charge in [0.2, 0.25) is 0 Å². The Morgan fingerprint density at radius 2 is 1.96 bits per heavy atom. The second-order valence-corrected chi connectivity index (χ2v) is 6.30. The van der Waals surface area contributed by atoms with Gasteiger partial charge in [-0.25, -0.2) is 4.98 Å². The number of imidazole rings is 1. The van der Waals surface area contributed by atoms with Crippen molar-refractivity contribution in [3.05, 3.63) is 71.7 Å². The maximum atomic E-state index is 12.8. The van der Waals surface area contributed by atoms with Crippen LogP contribution in [0.1, 0.15) is 28.2 Å². The highest BCUT2D eigenvalue weighted by Gasteiger charge is 2.21. The van der Waals surface area contributed by atoms with Crippen molar-refractivity contribution in [2.45, 2.75) is 13.3 Å². The van der Waals surface area contributed by atoms with Crippen molar-refractivity contribution < 1.29 is 9.90 Å². The average Bonchev–Trinajstić information content (AvgIpc) is 3.08. The molecular formula is C20H19N3O2. The molecule has 0 radical (unpaired) electrons. The minimum atomic E-state index is -0.0379. The van der Waals surface area contributed by atoms with E-state index in [1.807, 2.05) is 52.8 Å². The lowest BCUT2D eigenvalue weighted by Gasteiger charge is -2.26. The molecule has 0 spiro atoms. The molecule has 3 heterocycles. The van der Waals surface area contributed by atoms with Gasteiger partial charge in [-0.2, -0.15) is 0 Å². The lowest BCUT2D eigenvalue weighted by Crippen LogP contribution is -2.34. The van der Waals surface area contributed by atoms with E-state index in [9.17, 15) is 9.90 Å². The summed E-state index contributed by atoms with van der Waals surface area (Å²) in [7, 11) is 0. The number of hydrogen-bond donors (Lipinski definition) is 1. The van der Waals surface area contributed by atoms with Crippen molar-refractivity contribution in [3.63, 3.8) is 0 Å². The molecule has 1 aliphatic heterocycles. The first-order valence-electron chi connectivity index (χ1n) is 8.34. The Morgan fingerprint density at radius 1 is 1.16 bits per heavy atom. The molecule has 5 heteroatoms.